The lowest BCUT2D eigenvalue weighted by atomic mass is 10.2. The molecule has 0 aliphatic heterocycles. The van der Waals surface area contributed by atoms with Gasteiger partial charge in [-0.25, -0.2) is 22.0 Å². The van der Waals surface area contributed by atoms with Gasteiger partial charge in [-0.1, -0.05) is 30.3 Å². The standard InChI is InChI=1S/C29H24F2N2O6S/c1-19(28(34)32-22-11-13-24(14-12-22)38-18-20-5-3-2-4-6-20)39-29(35)21-7-9-23(10-8-21)33-40(36,37)25-15-16-26(30)27(31)17-25/h2-17,19,33H,18H2,1H3,(H,32,34). The maximum absolute atomic E-state index is 13.4. The number of nitrogens with one attached hydrogen (secondary N) is 2. The summed E-state index contributed by atoms with van der Waals surface area (Å²) >= 11 is 0. The summed E-state index contributed by atoms with van der Waals surface area (Å²) in [5.41, 5.74) is 1.64. The fraction of sp³-hybridized carbons (Fsp3) is 0.103. The van der Waals surface area contributed by atoms with Crippen molar-refractivity contribution in [3.8, 4) is 5.75 Å². The molecule has 206 valence electrons. The van der Waals surface area contributed by atoms with Gasteiger partial charge in [0.1, 0.15) is 12.4 Å². The summed E-state index contributed by atoms with van der Waals surface area (Å²) in [5.74, 6) is -3.21. The Balaban J connectivity index is 1.28. The molecule has 0 saturated carbocycles. The number of amides is 1. The zero-order valence-corrected chi connectivity index (χ0v) is 22.0. The minimum atomic E-state index is -4.20. The lowest BCUT2D eigenvalue weighted by molar-refractivity contribution is -0.123. The lowest BCUT2D eigenvalue weighted by Crippen LogP contribution is -2.30. The van der Waals surface area contributed by atoms with Gasteiger partial charge in [-0.05, 0) is 79.2 Å². The van der Waals surface area contributed by atoms with Crippen LogP contribution in [0.25, 0.3) is 0 Å². The molecule has 0 aromatic heterocycles. The van der Waals surface area contributed by atoms with E-state index < -0.39 is 44.5 Å². The van der Waals surface area contributed by atoms with Gasteiger partial charge in [-0.15, -0.1) is 0 Å². The van der Waals surface area contributed by atoms with E-state index in [2.05, 4.69) is 10.0 Å². The van der Waals surface area contributed by atoms with Gasteiger partial charge in [-0.3, -0.25) is 9.52 Å². The fourth-order valence-corrected chi connectivity index (χ4v) is 4.50. The first-order chi connectivity index (χ1) is 19.1. The number of anilines is 2. The molecule has 0 fully saturated rings. The van der Waals surface area contributed by atoms with Crippen LogP contribution in [0.2, 0.25) is 0 Å². The van der Waals surface area contributed by atoms with Crippen molar-refractivity contribution in [2.24, 2.45) is 0 Å². The molecule has 0 aliphatic rings. The highest BCUT2D eigenvalue weighted by atomic mass is 32.2. The van der Waals surface area contributed by atoms with Crippen molar-refractivity contribution in [3.63, 3.8) is 0 Å². The average molecular weight is 567 g/mol. The second-order valence-corrected chi connectivity index (χ2v) is 10.3. The zero-order valence-electron chi connectivity index (χ0n) is 21.1. The summed E-state index contributed by atoms with van der Waals surface area (Å²) < 4.78 is 64.5. The van der Waals surface area contributed by atoms with Crippen LogP contribution in [0, 0.1) is 11.6 Å². The molecule has 40 heavy (non-hydrogen) atoms. The Morgan fingerprint density at radius 1 is 0.825 bits per heavy atom. The maximum Gasteiger partial charge on any atom is 0.338 e. The molecule has 0 radical (unpaired) electrons. The largest absolute Gasteiger partial charge is 0.489 e. The SMILES string of the molecule is CC(OC(=O)c1ccc(NS(=O)(=O)c2ccc(F)c(F)c2)cc1)C(=O)Nc1ccc(OCc2ccccc2)cc1. The number of carbonyl (C=O) groups is 2. The van der Waals surface area contributed by atoms with Crippen LogP contribution in [-0.2, 0) is 26.2 Å². The number of benzene rings is 4. The van der Waals surface area contributed by atoms with Gasteiger partial charge in [0.05, 0.1) is 10.5 Å². The molecule has 1 amide bonds. The Kier molecular flexibility index (Phi) is 8.75. The van der Waals surface area contributed by atoms with Crippen molar-refractivity contribution in [1.29, 1.82) is 0 Å². The smallest absolute Gasteiger partial charge is 0.338 e. The quantitative estimate of drug-likeness (QED) is 0.244. The van der Waals surface area contributed by atoms with Gasteiger partial charge in [0.2, 0.25) is 0 Å². The highest BCUT2D eigenvalue weighted by Gasteiger charge is 2.20. The van der Waals surface area contributed by atoms with E-state index in [9.17, 15) is 26.8 Å². The number of esters is 1. The first-order valence-corrected chi connectivity index (χ1v) is 13.5. The molecule has 0 bridgehead atoms. The molecular weight excluding hydrogens is 542 g/mol. The van der Waals surface area contributed by atoms with E-state index in [0.29, 0.717) is 30.2 Å². The first kappa shape index (κ1) is 28.2. The minimum absolute atomic E-state index is 0.0651. The van der Waals surface area contributed by atoms with Crippen molar-refractivity contribution < 1.29 is 36.3 Å². The number of sulfonamides is 1. The van der Waals surface area contributed by atoms with Crippen molar-refractivity contribution in [3.05, 3.63) is 120 Å². The second-order valence-electron chi connectivity index (χ2n) is 8.59. The summed E-state index contributed by atoms with van der Waals surface area (Å²) in [6.45, 7) is 1.81. The van der Waals surface area contributed by atoms with Crippen LogP contribution in [0.3, 0.4) is 0 Å². The van der Waals surface area contributed by atoms with Crippen LogP contribution >= 0.6 is 0 Å². The van der Waals surface area contributed by atoms with Crippen molar-refractivity contribution in [1.82, 2.24) is 0 Å². The molecule has 0 heterocycles. The van der Waals surface area contributed by atoms with E-state index in [4.69, 9.17) is 9.47 Å². The number of rotatable bonds is 10. The normalized spacial score (nSPS) is 11.8. The average Bonchev–Trinajstić information content (AvgIpc) is 2.94. The van der Waals surface area contributed by atoms with Gasteiger partial charge in [0.15, 0.2) is 17.7 Å². The van der Waals surface area contributed by atoms with E-state index in [-0.39, 0.29) is 11.3 Å². The van der Waals surface area contributed by atoms with Gasteiger partial charge in [0, 0.05) is 11.4 Å². The summed E-state index contributed by atoms with van der Waals surface area (Å²) in [6, 6.07) is 23.8. The second kappa shape index (κ2) is 12.4. The molecule has 11 heteroatoms. The van der Waals surface area contributed by atoms with E-state index >= 15 is 0 Å². The van der Waals surface area contributed by atoms with E-state index in [1.165, 1.54) is 31.2 Å². The molecule has 1 atom stereocenters. The van der Waals surface area contributed by atoms with Crippen LogP contribution in [-0.4, -0.2) is 26.4 Å². The summed E-state index contributed by atoms with van der Waals surface area (Å²) in [7, 11) is -4.20. The molecule has 0 spiro atoms. The van der Waals surface area contributed by atoms with E-state index in [1.54, 1.807) is 24.3 Å². The molecule has 4 aromatic rings. The van der Waals surface area contributed by atoms with Crippen molar-refractivity contribution >= 4 is 33.3 Å². The summed E-state index contributed by atoms with van der Waals surface area (Å²) in [4.78, 5) is 24.5. The molecular formula is C29H24F2N2O6S. The Hall–Kier alpha value is -4.77. The zero-order chi connectivity index (χ0) is 28.7. The van der Waals surface area contributed by atoms with Gasteiger partial charge in [-0.2, -0.15) is 0 Å². The third-order valence-corrected chi connectivity index (χ3v) is 6.98. The van der Waals surface area contributed by atoms with Crippen LogP contribution in [0.15, 0.2) is 102 Å². The molecule has 4 aromatic carbocycles. The third-order valence-electron chi connectivity index (χ3n) is 5.60. The van der Waals surface area contributed by atoms with Crippen molar-refractivity contribution in [2.75, 3.05) is 10.0 Å². The molecule has 0 saturated heterocycles. The lowest BCUT2D eigenvalue weighted by Gasteiger charge is -2.14. The minimum Gasteiger partial charge on any atom is -0.489 e. The van der Waals surface area contributed by atoms with E-state index in [1.807, 2.05) is 30.3 Å². The number of ether oxygens (including phenoxy) is 2. The Bertz CT molecular complexity index is 1600. The monoisotopic (exact) mass is 566 g/mol. The van der Waals surface area contributed by atoms with Crippen LogP contribution in [0.5, 0.6) is 5.75 Å². The predicted octanol–water partition coefficient (Wildman–Crippen LogP) is 5.53. The highest BCUT2D eigenvalue weighted by Crippen LogP contribution is 2.20. The maximum atomic E-state index is 13.4. The fourth-order valence-electron chi connectivity index (χ4n) is 3.43. The Labute approximate surface area is 229 Å². The molecule has 1 unspecified atom stereocenters. The number of hydrogen-bond donors (Lipinski definition) is 2. The van der Waals surface area contributed by atoms with Crippen molar-refractivity contribution in [2.45, 2.75) is 24.5 Å². The van der Waals surface area contributed by atoms with Gasteiger partial charge in [0.25, 0.3) is 15.9 Å². The summed E-state index contributed by atoms with van der Waals surface area (Å²) in [6.07, 6.45) is -1.13. The third kappa shape index (κ3) is 7.41. The molecule has 2 N–H and O–H groups in total. The topological polar surface area (TPSA) is 111 Å². The van der Waals surface area contributed by atoms with Crippen LogP contribution < -0.4 is 14.8 Å². The summed E-state index contributed by atoms with van der Waals surface area (Å²) in [5, 5.41) is 2.66. The Morgan fingerprint density at radius 3 is 2.12 bits per heavy atom. The van der Waals surface area contributed by atoms with Gasteiger partial charge >= 0.3 is 5.97 Å². The molecule has 8 nitrogen and oxygen atoms in total. The van der Waals surface area contributed by atoms with Crippen LogP contribution in [0.4, 0.5) is 20.2 Å². The molecule has 0 aliphatic carbocycles. The first-order valence-electron chi connectivity index (χ1n) is 12.0. The highest BCUT2D eigenvalue weighted by molar-refractivity contribution is 7.92. The van der Waals surface area contributed by atoms with Crippen LogP contribution in [0.1, 0.15) is 22.8 Å². The van der Waals surface area contributed by atoms with E-state index in [0.717, 1.165) is 11.6 Å². The number of carbonyl (C=O) groups excluding carboxylic acids is 2. The predicted molar refractivity (Wildman–Crippen MR) is 144 cm³/mol. The number of hydrogen-bond acceptors (Lipinski definition) is 6. The number of halogens is 2. The molecule has 4 rings (SSSR count). The van der Waals surface area contributed by atoms with Gasteiger partial charge < -0.3 is 14.8 Å². The Morgan fingerprint density at radius 2 is 1.48 bits per heavy atom.